The number of amides is 3. The van der Waals surface area contributed by atoms with Gasteiger partial charge in [-0.3, -0.25) is 14.4 Å². The Kier molecular flexibility index (Phi) is 7.24. The van der Waals surface area contributed by atoms with Crippen LogP contribution >= 0.6 is 11.8 Å². The Morgan fingerprint density at radius 1 is 1.03 bits per heavy atom. The van der Waals surface area contributed by atoms with E-state index in [9.17, 15) is 14.4 Å². The minimum Gasteiger partial charge on any atom is -0.339 e. The van der Waals surface area contributed by atoms with Crippen LogP contribution < -0.4 is 5.32 Å². The lowest BCUT2D eigenvalue weighted by atomic mass is 10.1. The maximum atomic E-state index is 12.4. The van der Waals surface area contributed by atoms with Gasteiger partial charge >= 0.3 is 0 Å². The number of nitrogens with zero attached hydrogens (tertiary/aromatic N) is 3. The van der Waals surface area contributed by atoms with Gasteiger partial charge in [0.2, 0.25) is 11.8 Å². The summed E-state index contributed by atoms with van der Waals surface area (Å²) >= 11 is 1.12. The largest absolute Gasteiger partial charge is 0.339 e. The molecule has 0 saturated heterocycles. The highest BCUT2D eigenvalue weighted by atomic mass is 32.2. The third-order valence-electron chi connectivity index (χ3n) is 4.47. The van der Waals surface area contributed by atoms with Gasteiger partial charge in [-0.25, -0.2) is 5.01 Å². The Morgan fingerprint density at radius 3 is 2.40 bits per heavy atom. The van der Waals surface area contributed by atoms with Crippen molar-refractivity contribution in [3.63, 3.8) is 0 Å². The quantitative estimate of drug-likeness (QED) is 0.715. The Labute approximate surface area is 180 Å². The van der Waals surface area contributed by atoms with E-state index in [1.54, 1.807) is 38.4 Å². The zero-order valence-corrected chi connectivity index (χ0v) is 17.8. The fourth-order valence-corrected chi connectivity index (χ4v) is 3.50. The molecule has 1 N–H and O–H groups in total. The molecule has 0 spiro atoms. The van der Waals surface area contributed by atoms with Gasteiger partial charge in [-0.05, 0) is 41.6 Å². The maximum absolute atomic E-state index is 12.4. The van der Waals surface area contributed by atoms with E-state index >= 15 is 0 Å². The van der Waals surface area contributed by atoms with E-state index in [0.29, 0.717) is 18.7 Å². The van der Waals surface area contributed by atoms with Gasteiger partial charge in [0.1, 0.15) is 0 Å². The van der Waals surface area contributed by atoms with Crippen LogP contribution in [0.25, 0.3) is 0 Å². The van der Waals surface area contributed by atoms with Gasteiger partial charge in [-0.1, -0.05) is 30.3 Å². The van der Waals surface area contributed by atoms with Crippen molar-refractivity contribution in [2.24, 2.45) is 5.10 Å². The van der Waals surface area contributed by atoms with Crippen molar-refractivity contribution < 1.29 is 14.4 Å². The first-order valence-corrected chi connectivity index (χ1v) is 10.5. The lowest BCUT2D eigenvalue weighted by Crippen LogP contribution is -2.24. The third kappa shape index (κ3) is 5.93. The van der Waals surface area contributed by atoms with Crippen LogP contribution in [0.15, 0.2) is 64.6 Å². The fraction of sp³-hybridized carbons (Fsp3) is 0.273. The summed E-state index contributed by atoms with van der Waals surface area (Å²) in [6.07, 6.45) is 0.895. The molecule has 1 aliphatic rings. The lowest BCUT2D eigenvalue weighted by molar-refractivity contribution is -0.132. The van der Waals surface area contributed by atoms with Crippen molar-refractivity contribution in [2.45, 2.75) is 24.2 Å². The van der Waals surface area contributed by atoms with Crippen molar-refractivity contribution in [2.75, 3.05) is 26.0 Å². The molecule has 3 amide bonds. The van der Waals surface area contributed by atoms with Crippen molar-refractivity contribution in [3.05, 3.63) is 60.2 Å². The molecule has 0 fully saturated rings. The summed E-state index contributed by atoms with van der Waals surface area (Å²) in [4.78, 5) is 38.6. The SMILES string of the molecule is CN(C)C(=O)Sc1ccc(NC(=O)CCC(=O)N2CCC(c3ccccc3)=N2)cc1. The van der Waals surface area contributed by atoms with Gasteiger partial charge in [-0.15, -0.1) is 0 Å². The molecule has 1 heterocycles. The van der Waals surface area contributed by atoms with Crippen LogP contribution in [-0.2, 0) is 9.59 Å². The smallest absolute Gasteiger partial charge is 0.285 e. The zero-order valence-electron chi connectivity index (χ0n) is 17.0. The predicted octanol–water partition coefficient (Wildman–Crippen LogP) is 3.82. The van der Waals surface area contributed by atoms with Gasteiger partial charge in [-0.2, -0.15) is 5.10 Å². The topological polar surface area (TPSA) is 82.1 Å². The van der Waals surface area contributed by atoms with Crippen molar-refractivity contribution >= 4 is 40.2 Å². The molecule has 8 heteroatoms. The second-order valence-electron chi connectivity index (χ2n) is 7.01. The number of hydrazone groups is 1. The number of rotatable bonds is 6. The van der Waals surface area contributed by atoms with E-state index in [4.69, 9.17) is 0 Å². The Bertz CT molecular complexity index is 943. The van der Waals surface area contributed by atoms with Crippen LogP contribution in [0.4, 0.5) is 10.5 Å². The molecule has 156 valence electrons. The van der Waals surface area contributed by atoms with Crippen LogP contribution in [0.3, 0.4) is 0 Å². The van der Waals surface area contributed by atoms with Gasteiger partial charge in [0.15, 0.2) is 0 Å². The van der Waals surface area contributed by atoms with Crippen molar-refractivity contribution in [3.8, 4) is 0 Å². The molecule has 1 aliphatic heterocycles. The first-order chi connectivity index (χ1) is 14.4. The minimum atomic E-state index is -0.236. The van der Waals surface area contributed by atoms with Crippen LogP contribution in [-0.4, -0.2) is 53.3 Å². The molecule has 0 bridgehead atoms. The van der Waals surface area contributed by atoms with Crippen LogP contribution in [0, 0.1) is 0 Å². The molecule has 7 nitrogen and oxygen atoms in total. The van der Waals surface area contributed by atoms with Crippen LogP contribution in [0.5, 0.6) is 0 Å². The van der Waals surface area contributed by atoms with E-state index in [-0.39, 0.29) is 29.9 Å². The predicted molar refractivity (Wildman–Crippen MR) is 119 cm³/mol. The zero-order chi connectivity index (χ0) is 21.5. The number of anilines is 1. The van der Waals surface area contributed by atoms with Gasteiger partial charge in [0.25, 0.3) is 5.24 Å². The van der Waals surface area contributed by atoms with E-state index in [0.717, 1.165) is 27.9 Å². The second kappa shape index (κ2) is 10.1. The monoisotopic (exact) mass is 424 g/mol. The Hall–Kier alpha value is -3.13. The summed E-state index contributed by atoms with van der Waals surface area (Å²) in [7, 11) is 3.39. The van der Waals surface area contributed by atoms with Crippen molar-refractivity contribution in [1.82, 2.24) is 9.91 Å². The molecule has 2 aromatic rings. The normalized spacial score (nSPS) is 13.0. The summed E-state index contributed by atoms with van der Waals surface area (Å²) < 4.78 is 0. The molecule has 3 rings (SSSR count). The summed E-state index contributed by atoms with van der Waals surface area (Å²) in [5.74, 6) is -0.399. The molecule has 0 atom stereocenters. The average molecular weight is 425 g/mol. The van der Waals surface area contributed by atoms with Gasteiger partial charge < -0.3 is 10.2 Å². The first kappa shape index (κ1) is 21.6. The summed E-state index contributed by atoms with van der Waals surface area (Å²) in [6.45, 7) is 0.537. The number of thioether (sulfide) groups is 1. The molecule has 0 aliphatic carbocycles. The van der Waals surface area contributed by atoms with E-state index in [1.807, 2.05) is 30.3 Å². The Morgan fingerprint density at radius 2 is 1.73 bits per heavy atom. The molecule has 0 radical (unpaired) electrons. The highest BCUT2D eigenvalue weighted by molar-refractivity contribution is 8.13. The number of benzene rings is 2. The number of carbonyl (C=O) groups excluding carboxylic acids is 3. The first-order valence-electron chi connectivity index (χ1n) is 9.64. The number of hydrogen-bond donors (Lipinski definition) is 1. The number of carbonyl (C=O) groups is 3. The minimum absolute atomic E-state index is 0.0645. The van der Waals surface area contributed by atoms with Crippen LogP contribution in [0.1, 0.15) is 24.8 Å². The molecule has 0 aromatic heterocycles. The van der Waals surface area contributed by atoms with E-state index in [1.165, 1.54) is 9.91 Å². The highest BCUT2D eigenvalue weighted by Crippen LogP contribution is 2.22. The number of nitrogens with one attached hydrogen (secondary N) is 1. The lowest BCUT2D eigenvalue weighted by Gasteiger charge is -2.11. The van der Waals surface area contributed by atoms with Crippen molar-refractivity contribution in [1.29, 1.82) is 0 Å². The second-order valence-corrected chi connectivity index (χ2v) is 8.04. The molecule has 0 saturated carbocycles. The third-order valence-corrected chi connectivity index (χ3v) is 5.52. The summed E-state index contributed by atoms with van der Waals surface area (Å²) in [6, 6.07) is 16.8. The molecule has 0 unspecified atom stereocenters. The fourth-order valence-electron chi connectivity index (χ4n) is 2.84. The highest BCUT2D eigenvalue weighted by Gasteiger charge is 2.21. The summed E-state index contributed by atoms with van der Waals surface area (Å²) in [5, 5.41) is 8.56. The summed E-state index contributed by atoms with van der Waals surface area (Å²) in [5.41, 5.74) is 2.53. The van der Waals surface area contributed by atoms with E-state index in [2.05, 4.69) is 10.4 Å². The van der Waals surface area contributed by atoms with E-state index < -0.39 is 0 Å². The number of hydrogen-bond acceptors (Lipinski definition) is 5. The Balaban J connectivity index is 1.46. The maximum Gasteiger partial charge on any atom is 0.285 e. The molecule has 2 aromatic carbocycles. The standard InChI is InChI=1S/C22H24N4O3S/c1-25(2)22(29)30-18-10-8-17(9-11-18)23-20(27)12-13-21(28)26-15-14-19(24-26)16-6-4-3-5-7-16/h3-11H,12-15H2,1-2H3,(H,23,27). The van der Waals surface area contributed by atoms with Gasteiger partial charge in [0.05, 0.1) is 12.3 Å². The molecule has 30 heavy (non-hydrogen) atoms. The average Bonchev–Trinajstić information content (AvgIpc) is 3.24. The molecular weight excluding hydrogens is 400 g/mol. The van der Waals surface area contributed by atoms with Gasteiger partial charge in [0, 0.05) is 43.9 Å². The molecular formula is C22H24N4O3S. The van der Waals surface area contributed by atoms with Crippen LogP contribution in [0.2, 0.25) is 0 Å².